The average Bonchev–Trinajstić information content (AvgIpc) is 2.96. The van der Waals surface area contributed by atoms with Crippen LogP contribution in [0.25, 0.3) is 0 Å². The Kier molecular flexibility index (Phi) is 4.71. The highest BCUT2D eigenvalue weighted by molar-refractivity contribution is 7.10. The molecule has 0 aliphatic rings. The Labute approximate surface area is 115 Å². The fraction of sp³-hybridized carbons (Fsp3) is 0.455. The normalized spacial score (nSPS) is 12.8. The lowest BCUT2D eigenvalue weighted by Gasteiger charge is -2.15. The molecule has 0 spiro atoms. The number of thiophene rings is 1. The molecule has 0 bridgehead atoms. The van der Waals surface area contributed by atoms with Crippen molar-refractivity contribution in [3.05, 3.63) is 33.5 Å². The van der Waals surface area contributed by atoms with Gasteiger partial charge in [-0.3, -0.25) is 16.0 Å². The van der Waals surface area contributed by atoms with Crippen LogP contribution in [0.3, 0.4) is 0 Å². The average molecular weight is 286 g/mol. The maximum absolute atomic E-state index is 6.13. The van der Waals surface area contributed by atoms with Gasteiger partial charge in [0.05, 0.1) is 11.1 Å². The van der Waals surface area contributed by atoms with Crippen molar-refractivity contribution < 1.29 is 0 Å². The van der Waals surface area contributed by atoms with E-state index in [9.17, 15) is 0 Å². The van der Waals surface area contributed by atoms with Crippen LogP contribution < -0.4 is 11.3 Å². The van der Waals surface area contributed by atoms with E-state index in [0.29, 0.717) is 6.42 Å². The minimum Gasteiger partial charge on any atom is -0.271 e. The molecule has 2 aromatic rings. The first-order valence-corrected chi connectivity index (χ1v) is 7.07. The maximum Gasteiger partial charge on any atom is 0.138 e. The molecule has 0 aliphatic heterocycles. The maximum atomic E-state index is 6.13. The third-order valence-electron chi connectivity index (χ3n) is 2.68. The van der Waals surface area contributed by atoms with Crippen LogP contribution in [0.5, 0.6) is 0 Å². The Morgan fingerprint density at radius 3 is 3.06 bits per heavy atom. The molecule has 0 amide bonds. The highest BCUT2D eigenvalue weighted by Crippen LogP contribution is 2.29. The third-order valence-corrected chi connectivity index (χ3v) is 4.15. The zero-order chi connectivity index (χ0) is 13.0. The highest BCUT2D eigenvalue weighted by Gasteiger charge is 2.18. The standard InChI is InChI=1S/C11H16ClN5S/c1-2-4-17-10(14-7-15-17)6-9(16-13)11-8(12)3-5-18-11/h3,5,7,9,16H,2,4,6,13H2,1H3. The Balaban J connectivity index is 2.15. The van der Waals surface area contributed by atoms with Crippen LogP contribution in [0.1, 0.15) is 30.1 Å². The number of hydrazine groups is 1. The van der Waals surface area contributed by atoms with Gasteiger partial charge < -0.3 is 0 Å². The van der Waals surface area contributed by atoms with E-state index in [1.54, 1.807) is 17.7 Å². The lowest BCUT2D eigenvalue weighted by molar-refractivity contribution is 0.504. The van der Waals surface area contributed by atoms with E-state index in [1.165, 1.54) is 0 Å². The Morgan fingerprint density at radius 2 is 2.44 bits per heavy atom. The molecule has 0 aliphatic carbocycles. The number of aromatic nitrogens is 3. The number of nitrogens with one attached hydrogen (secondary N) is 1. The van der Waals surface area contributed by atoms with Gasteiger partial charge in [-0.15, -0.1) is 11.3 Å². The van der Waals surface area contributed by atoms with Crippen LogP contribution >= 0.6 is 22.9 Å². The predicted molar refractivity (Wildman–Crippen MR) is 73.4 cm³/mol. The zero-order valence-corrected chi connectivity index (χ0v) is 11.7. The van der Waals surface area contributed by atoms with Crippen LogP contribution in [-0.2, 0) is 13.0 Å². The number of hydrogen-bond donors (Lipinski definition) is 2. The molecule has 0 saturated carbocycles. The van der Waals surface area contributed by atoms with E-state index in [4.69, 9.17) is 17.4 Å². The van der Waals surface area contributed by atoms with Crippen LogP contribution in [0.2, 0.25) is 5.02 Å². The summed E-state index contributed by atoms with van der Waals surface area (Å²) < 4.78 is 1.91. The first-order valence-electron chi connectivity index (χ1n) is 5.82. The molecule has 5 nitrogen and oxygen atoms in total. The quantitative estimate of drug-likeness (QED) is 0.630. The van der Waals surface area contributed by atoms with Crippen molar-refractivity contribution >= 4 is 22.9 Å². The second-order valence-corrected chi connectivity index (χ2v) is 5.31. The molecule has 0 saturated heterocycles. The van der Waals surface area contributed by atoms with Gasteiger partial charge in [-0.25, -0.2) is 4.98 Å². The molecule has 1 atom stereocenters. The Hall–Kier alpha value is -0.950. The van der Waals surface area contributed by atoms with Crippen molar-refractivity contribution in [2.75, 3.05) is 0 Å². The zero-order valence-electron chi connectivity index (χ0n) is 10.1. The van der Waals surface area contributed by atoms with E-state index in [-0.39, 0.29) is 6.04 Å². The first-order chi connectivity index (χ1) is 8.76. The first kappa shape index (κ1) is 13.5. The van der Waals surface area contributed by atoms with E-state index < -0.39 is 0 Å². The SMILES string of the molecule is CCCn1ncnc1CC(NN)c1sccc1Cl. The largest absolute Gasteiger partial charge is 0.271 e. The number of halogens is 1. The van der Waals surface area contributed by atoms with Crippen molar-refractivity contribution in [3.8, 4) is 0 Å². The summed E-state index contributed by atoms with van der Waals surface area (Å²) in [4.78, 5) is 5.31. The van der Waals surface area contributed by atoms with Gasteiger partial charge in [0.25, 0.3) is 0 Å². The van der Waals surface area contributed by atoms with E-state index in [0.717, 1.165) is 28.7 Å². The predicted octanol–water partition coefficient (Wildman–Crippen LogP) is 2.15. The Morgan fingerprint density at radius 1 is 1.61 bits per heavy atom. The summed E-state index contributed by atoms with van der Waals surface area (Å²) in [7, 11) is 0. The molecule has 98 valence electrons. The summed E-state index contributed by atoms with van der Waals surface area (Å²) in [6, 6.07) is 1.85. The topological polar surface area (TPSA) is 68.8 Å². The number of nitrogens with zero attached hydrogens (tertiary/aromatic N) is 3. The summed E-state index contributed by atoms with van der Waals surface area (Å²) in [5.41, 5.74) is 2.80. The second kappa shape index (κ2) is 6.29. The molecule has 3 N–H and O–H groups in total. The van der Waals surface area contributed by atoms with Crippen molar-refractivity contribution in [3.63, 3.8) is 0 Å². The van der Waals surface area contributed by atoms with Crippen LogP contribution in [0, 0.1) is 0 Å². The number of aryl methyl sites for hydroxylation is 1. The lowest BCUT2D eigenvalue weighted by atomic mass is 10.1. The molecule has 2 aromatic heterocycles. The molecule has 2 rings (SSSR count). The number of hydrogen-bond acceptors (Lipinski definition) is 5. The number of nitrogens with two attached hydrogens (primary N) is 1. The van der Waals surface area contributed by atoms with Gasteiger partial charge >= 0.3 is 0 Å². The second-order valence-electron chi connectivity index (χ2n) is 3.96. The van der Waals surface area contributed by atoms with Gasteiger partial charge in [-0.1, -0.05) is 18.5 Å². The molecule has 0 aromatic carbocycles. The monoisotopic (exact) mass is 285 g/mol. The fourth-order valence-electron chi connectivity index (χ4n) is 1.81. The van der Waals surface area contributed by atoms with Gasteiger partial charge in [-0.05, 0) is 17.9 Å². The minimum atomic E-state index is -0.0303. The summed E-state index contributed by atoms with van der Waals surface area (Å²) in [6.07, 6.45) is 3.28. The van der Waals surface area contributed by atoms with Crippen LogP contribution in [0.15, 0.2) is 17.8 Å². The highest BCUT2D eigenvalue weighted by atomic mass is 35.5. The van der Waals surface area contributed by atoms with Gasteiger partial charge in [0.2, 0.25) is 0 Å². The molecule has 18 heavy (non-hydrogen) atoms. The van der Waals surface area contributed by atoms with Crippen molar-refractivity contribution in [2.24, 2.45) is 5.84 Å². The van der Waals surface area contributed by atoms with E-state index in [1.807, 2.05) is 16.1 Å². The fourth-order valence-corrected chi connectivity index (χ4v) is 3.06. The summed E-state index contributed by atoms with van der Waals surface area (Å²) in [6.45, 7) is 2.98. The number of rotatable bonds is 6. The molecular formula is C11H16ClN5S. The summed E-state index contributed by atoms with van der Waals surface area (Å²) in [5.74, 6) is 6.53. The molecule has 1 unspecified atom stereocenters. The molecular weight excluding hydrogens is 270 g/mol. The molecule has 2 heterocycles. The molecule has 7 heteroatoms. The smallest absolute Gasteiger partial charge is 0.138 e. The van der Waals surface area contributed by atoms with Gasteiger partial charge in [0, 0.05) is 17.8 Å². The Bertz CT molecular complexity index is 495. The van der Waals surface area contributed by atoms with Gasteiger partial charge in [0.15, 0.2) is 0 Å². The van der Waals surface area contributed by atoms with Crippen LogP contribution in [-0.4, -0.2) is 14.8 Å². The summed E-state index contributed by atoms with van der Waals surface area (Å²) in [5, 5.41) is 6.90. The van der Waals surface area contributed by atoms with Gasteiger partial charge in [-0.2, -0.15) is 5.10 Å². The molecule has 0 radical (unpaired) electrons. The van der Waals surface area contributed by atoms with Crippen molar-refractivity contribution in [2.45, 2.75) is 32.4 Å². The van der Waals surface area contributed by atoms with E-state index in [2.05, 4.69) is 22.4 Å². The van der Waals surface area contributed by atoms with Crippen molar-refractivity contribution in [1.29, 1.82) is 0 Å². The minimum absolute atomic E-state index is 0.0303. The van der Waals surface area contributed by atoms with Gasteiger partial charge in [0.1, 0.15) is 12.2 Å². The lowest BCUT2D eigenvalue weighted by Crippen LogP contribution is -2.30. The summed E-state index contributed by atoms with van der Waals surface area (Å²) >= 11 is 7.72. The molecule has 0 fully saturated rings. The van der Waals surface area contributed by atoms with Crippen molar-refractivity contribution in [1.82, 2.24) is 20.2 Å². The van der Waals surface area contributed by atoms with Crippen LogP contribution in [0.4, 0.5) is 0 Å². The van der Waals surface area contributed by atoms with E-state index >= 15 is 0 Å². The third kappa shape index (κ3) is 2.89.